The highest BCUT2D eigenvalue weighted by molar-refractivity contribution is 5.46. The van der Waals surface area contributed by atoms with Crippen molar-refractivity contribution in [1.29, 1.82) is 0 Å². The first-order valence-corrected chi connectivity index (χ1v) is 5.62. The number of rotatable bonds is 7. The van der Waals surface area contributed by atoms with Crippen LogP contribution in [-0.2, 0) is 4.79 Å². The van der Waals surface area contributed by atoms with E-state index >= 15 is 0 Å². The van der Waals surface area contributed by atoms with Crippen LogP contribution in [0.1, 0.15) is 47.5 Å². The van der Waals surface area contributed by atoms with Gasteiger partial charge in [0.25, 0.3) is 0 Å². The van der Waals surface area contributed by atoms with E-state index in [1.807, 2.05) is 0 Å². The standard InChI is InChI=1S/C12H25N2O/c1-11(2,3)9-12(4,5)14-8-6-7-13-10-15/h14H,6-9H2,1-5H3,(H,13,15). The van der Waals surface area contributed by atoms with Gasteiger partial charge in [-0.3, -0.25) is 4.79 Å². The van der Waals surface area contributed by atoms with Crippen molar-refractivity contribution in [3.8, 4) is 0 Å². The van der Waals surface area contributed by atoms with Crippen molar-refractivity contribution in [3.05, 3.63) is 0 Å². The van der Waals surface area contributed by atoms with Crippen LogP contribution >= 0.6 is 0 Å². The first-order chi connectivity index (χ1) is 6.77. The normalized spacial score (nSPS) is 12.6. The van der Waals surface area contributed by atoms with E-state index in [0.29, 0.717) is 12.0 Å². The van der Waals surface area contributed by atoms with Gasteiger partial charge in [-0.05, 0) is 38.6 Å². The summed E-state index contributed by atoms with van der Waals surface area (Å²) in [6.45, 7) is 12.8. The van der Waals surface area contributed by atoms with E-state index in [2.05, 4.69) is 45.3 Å². The third-order valence-electron chi connectivity index (χ3n) is 2.13. The summed E-state index contributed by atoms with van der Waals surface area (Å²) in [5.41, 5.74) is 0.495. The quantitative estimate of drug-likeness (QED) is 0.500. The van der Waals surface area contributed by atoms with Crippen LogP contribution in [0.15, 0.2) is 0 Å². The van der Waals surface area contributed by atoms with Gasteiger partial charge in [-0.2, -0.15) is 0 Å². The smallest absolute Gasteiger partial charge is 0.309 e. The molecule has 0 atom stereocenters. The zero-order chi connectivity index (χ0) is 11.9. The highest BCUT2D eigenvalue weighted by Crippen LogP contribution is 2.26. The fraction of sp³-hybridized carbons (Fsp3) is 0.917. The molecule has 0 aromatic heterocycles. The second-order valence-corrected chi connectivity index (χ2v) is 5.93. The molecule has 0 rings (SSSR count). The third-order valence-corrected chi connectivity index (χ3v) is 2.13. The number of carbonyl (C=O) groups excluding carboxylic acids is 1. The lowest BCUT2D eigenvalue weighted by molar-refractivity contribution is 0.242. The van der Waals surface area contributed by atoms with Gasteiger partial charge in [-0.15, -0.1) is 0 Å². The maximum atomic E-state index is 9.90. The van der Waals surface area contributed by atoms with Gasteiger partial charge in [0.2, 0.25) is 0 Å². The topological polar surface area (TPSA) is 41.1 Å². The molecule has 0 bridgehead atoms. The van der Waals surface area contributed by atoms with E-state index in [-0.39, 0.29) is 5.54 Å². The molecule has 1 amide bonds. The summed E-state index contributed by atoms with van der Waals surface area (Å²) in [7, 11) is 0. The summed E-state index contributed by atoms with van der Waals surface area (Å²) in [6, 6.07) is 0. The van der Waals surface area contributed by atoms with Gasteiger partial charge in [-0.25, -0.2) is 0 Å². The Bertz CT molecular complexity index is 183. The molecule has 0 saturated heterocycles. The van der Waals surface area contributed by atoms with Crippen molar-refractivity contribution in [2.75, 3.05) is 13.1 Å². The lowest BCUT2D eigenvalue weighted by Crippen LogP contribution is -2.43. The maximum absolute atomic E-state index is 9.90. The van der Waals surface area contributed by atoms with Gasteiger partial charge in [0, 0.05) is 12.1 Å². The Kier molecular flexibility index (Phi) is 5.88. The zero-order valence-electron chi connectivity index (χ0n) is 10.7. The largest absolute Gasteiger partial charge is 0.348 e. The SMILES string of the molecule is CC(C)(C)CC(C)(C)NCCCN[C]=O. The highest BCUT2D eigenvalue weighted by Gasteiger charge is 2.24. The van der Waals surface area contributed by atoms with Gasteiger partial charge in [0.1, 0.15) is 0 Å². The average Bonchev–Trinajstić information content (AvgIpc) is 1.99. The van der Waals surface area contributed by atoms with E-state index in [1.54, 1.807) is 6.41 Å². The van der Waals surface area contributed by atoms with E-state index in [0.717, 1.165) is 19.4 Å². The van der Waals surface area contributed by atoms with Gasteiger partial charge < -0.3 is 10.6 Å². The molecule has 0 aliphatic rings. The molecular formula is C12H25N2O. The Hall–Kier alpha value is -0.570. The predicted molar refractivity (Wildman–Crippen MR) is 64.5 cm³/mol. The van der Waals surface area contributed by atoms with Gasteiger partial charge in [0.05, 0.1) is 0 Å². The van der Waals surface area contributed by atoms with E-state index in [1.165, 1.54) is 0 Å². The molecule has 0 aliphatic heterocycles. The zero-order valence-corrected chi connectivity index (χ0v) is 10.7. The van der Waals surface area contributed by atoms with Crippen LogP contribution in [-0.4, -0.2) is 25.0 Å². The second kappa shape index (κ2) is 6.11. The first-order valence-electron chi connectivity index (χ1n) is 5.62. The number of nitrogens with one attached hydrogen (secondary N) is 2. The van der Waals surface area contributed by atoms with E-state index in [9.17, 15) is 4.79 Å². The summed E-state index contributed by atoms with van der Waals surface area (Å²) in [6.07, 6.45) is 3.76. The van der Waals surface area contributed by atoms with Crippen LogP contribution in [0.25, 0.3) is 0 Å². The molecule has 3 heteroatoms. The van der Waals surface area contributed by atoms with Crippen molar-refractivity contribution in [1.82, 2.24) is 10.6 Å². The van der Waals surface area contributed by atoms with Crippen LogP contribution in [0.3, 0.4) is 0 Å². The Morgan fingerprint density at radius 2 is 1.67 bits per heavy atom. The van der Waals surface area contributed by atoms with Gasteiger partial charge >= 0.3 is 6.41 Å². The van der Waals surface area contributed by atoms with Crippen molar-refractivity contribution >= 4 is 6.41 Å². The maximum Gasteiger partial charge on any atom is 0.309 e. The Morgan fingerprint density at radius 1 is 1.07 bits per heavy atom. The summed E-state index contributed by atoms with van der Waals surface area (Å²) < 4.78 is 0. The van der Waals surface area contributed by atoms with Crippen LogP contribution in [0.2, 0.25) is 0 Å². The third kappa shape index (κ3) is 9.73. The lowest BCUT2D eigenvalue weighted by Gasteiger charge is -2.33. The molecule has 0 saturated carbocycles. The molecular weight excluding hydrogens is 188 g/mol. The van der Waals surface area contributed by atoms with Gasteiger partial charge in [0.15, 0.2) is 0 Å². The number of hydrogen-bond acceptors (Lipinski definition) is 2. The molecule has 3 nitrogen and oxygen atoms in total. The highest BCUT2D eigenvalue weighted by atomic mass is 16.1. The van der Waals surface area contributed by atoms with E-state index < -0.39 is 0 Å². The monoisotopic (exact) mass is 213 g/mol. The molecule has 89 valence electrons. The fourth-order valence-electron chi connectivity index (χ4n) is 2.04. The Labute approximate surface area is 94.0 Å². The van der Waals surface area contributed by atoms with Crippen molar-refractivity contribution in [2.24, 2.45) is 5.41 Å². The van der Waals surface area contributed by atoms with Crippen LogP contribution in [0.4, 0.5) is 0 Å². The Morgan fingerprint density at radius 3 is 2.13 bits per heavy atom. The van der Waals surface area contributed by atoms with Gasteiger partial charge in [-0.1, -0.05) is 20.8 Å². The van der Waals surface area contributed by atoms with Crippen molar-refractivity contribution < 1.29 is 4.79 Å². The molecule has 0 unspecified atom stereocenters. The summed E-state index contributed by atoms with van der Waals surface area (Å²) in [4.78, 5) is 9.90. The molecule has 0 heterocycles. The Balaban J connectivity index is 3.69. The minimum absolute atomic E-state index is 0.156. The summed E-state index contributed by atoms with van der Waals surface area (Å²) in [5, 5.41) is 6.04. The van der Waals surface area contributed by atoms with Crippen LogP contribution < -0.4 is 10.6 Å². The molecule has 1 radical (unpaired) electrons. The summed E-state index contributed by atoms with van der Waals surface area (Å²) >= 11 is 0. The number of hydrogen-bond donors (Lipinski definition) is 2. The molecule has 0 spiro atoms. The molecule has 2 N–H and O–H groups in total. The second-order valence-electron chi connectivity index (χ2n) is 5.93. The molecule has 0 fully saturated rings. The number of amides is 1. The van der Waals surface area contributed by atoms with Crippen molar-refractivity contribution in [3.63, 3.8) is 0 Å². The lowest BCUT2D eigenvalue weighted by atomic mass is 9.82. The van der Waals surface area contributed by atoms with Crippen LogP contribution in [0, 0.1) is 5.41 Å². The van der Waals surface area contributed by atoms with Crippen molar-refractivity contribution in [2.45, 2.75) is 53.0 Å². The molecule has 0 aliphatic carbocycles. The predicted octanol–water partition coefficient (Wildman–Crippen LogP) is 1.84. The average molecular weight is 213 g/mol. The minimum atomic E-state index is 0.156. The first kappa shape index (κ1) is 14.4. The molecule has 15 heavy (non-hydrogen) atoms. The molecule has 0 aromatic rings. The fourth-order valence-corrected chi connectivity index (χ4v) is 2.04. The van der Waals surface area contributed by atoms with E-state index in [4.69, 9.17) is 0 Å². The summed E-state index contributed by atoms with van der Waals surface area (Å²) in [5.74, 6) is 0. The molecule has 0 aromatic carbocycles. The minimum Gasteiger partial charge on any atom is -0.348 e. The van der Waals surface area contributed by atoms with Crippen LogP contribution in [0.5, 0.6) is 0 Å².